The number of anilines is 1. The number of likely N-dealkylation sites (N-methyl/N-ethyl adjacent to an activating group) is 1. The van der Waals surface area contributed by atoms with E-state index in [9.17, 15) is 0 Å². The van der Waals surface area contributed by atoms with Crippen LogP contribution in [0.15, 0.2) is 47.6 Å². The van der Waals surface area contributed by atoms with Gasteiger partial charge in [0.25, 0.3) is 0 Å². The molecule has 1 aromatic carbocycles. The van der Waals surface area contributed by atoms with Gasteiger partial charge >= 0.3 is 0 Å². The molecule has 1 aromatic heterocycles. The van der Waals surface area contributed by atoms with Gasteiger partial charge in [0.15, 0.2) is 5.96 Å². The lowest BCUT2D eigenvalue weighted by atomic mass is 10.2. The number of halogens is 1. The van der Waals surface area contributed by atoms with E-state index in [-0.39, 0.29) is 0 Å². The van der Waals surface area contributed by atoms with E-state index >= 15 is 0 Å². The summed E-state index contributed by atoms with van der Waals surface area (Å²) in [6.45, 7) is 8.89. The number of aliphatic imine (C=N–C) groups is 1. The van der Waals surface area contributed by atoms with Crippen molar-refractivity contribution in [3.63, 3.8) is 0 Å². The largest absolute Gasteiger partial charge is 0.354 e. The van der Waals surface area contributed by atoms with Crippen molar-refractivity contribution < 1.29 is 0 Å². The third-order valence-electron chi connectivity index (χ3n) is 5.04. The topological polar surface area (TPSA) is 55.8 Å². The van der Waals surface area contributed by atoms with Gasteiger partial charge in [-0.1, -0.05) is 36.7 Å². The van der Waals surface area contributed by atoms with E-state index in [1.807, 2.05) is 36.5 Å². The Morgan fingerprint density at radius 1 is 1.11 bits per heavy atom. The molecule has 0 radical (unpaired) electrons. The van der Waals surface area contributed by atoms with Crippen LogP contribution in [0.1, 0.15) is 18.1 Å². The van der Waals surface area contributed by atoms with Gasteiger partial charge in [-0.2, -0.15) is 0 Å². The highest BCUT2D eigenvalue weighted by Crippen LogP contribution is 2.16. The summed E-state index contributed by atoms with van der Waals surface area (Å²) >= 11 is 6.22. The number of hydrogen-bond donors (Lipinski definition) is 2. The second-order valence-corrected chi connectivity index (χ2v) is 7.22. The zero-order valence-corrected chi connectivity index (χ0v) is 17.4. The third-order valence-corrected chi connectivity index (χ3v) is 5.41. The average Bonchev–Trinajstić information content (AvgIpc) is 2.75. The molecule has 0 aliphatic carbocycles. The third kappa shape index (κ3) is 5.59. The van der Waals surface area contributed by atoms with Crippen LogP contribution in [0.2, 0.25) is 5.02 Å². The maximum atomic E-state index is 6.22. The number of rotatable bonds is 6. The van der Waals surface area contributed by atoms with Gasteiger partial charge < -0.3 is 20.4 Å². The molecule has 0 saturated carbocycles. The molecule has 0 spiro atoms. The van der Waals surface area contributed by atoms with Crippen molar-refractivity contribution in [2.45, 2.75) is 20.0 Å². The SMILES string of the molecule is CCN1CCN(c2cc(CNC(=NC)NCc3ccccc3Cl)ccn2)CC1. The van der Waals surface area contributed by atoms with E-state index in [4.69, 9.17) is 11.6 Å². The van der Waals surface area contributed by atoms with Crippen LogP contribution in [0.5, 0.6) is 0 Å². The highest BCUT2D eigenvalue weighted by molar-refractivity contribution is 6.31. The van der Waals surface area contributed by atoms with E-state index in [1.54, 1.807) is 7.05 Å². The summed E-state index contributed by atoms with van der Waals surface area (Å²) in [5.41, 5.74) is 2.23. The molecule has 3 rings (SSSR count). The van der Waals surface area contributed by atoms with Gasteiger partial charge in [-0.25, -0.2) is 4.98 Å². The van der Waals surface area contributed by atoms with Gasteiger partial charge in [0, 0.05) is 57.5 Å². The van der Waals surface area contributed by atoms with E-state index in [2.05, 4.69) is 43.4 Å². The van der Waals surface area contributed by atoms with Gasteiger partial charge in [0.05, 0.1) is 0 Å². The predicted molar refractivity (Wildman–Crippen MR) is 117 cm³/mol. The molecule has 0 atom stereocenters. The van der Waals surface area contributed by atoms with Crippen LogP contribution in [0.25, 0.3) is 0 Å². The van der Waals surface area contributed by atoms with Crippen molar-refractivity contribution in [3.05, 3.63) is 58.7 Å². The summed E-state index contributed by atoms with van der Waals surface area (Å²) in [6.07, 6.45) is 1.89. The first-order valence-corrected chi connectivity index (χ1v) is 10.2. The number of piperazine rings is 1. The van der Waals surface area contributed by atoms with E-state index in [0.717, 1.165) is 55.1 Å². The molecule has 1 saturated heterocycles. The highest BCUT2D eigenvalue weighted by Gasteiger charge is 2.16. The molecule has 0 unspecified atom stereocenters. The first-order valence-electron chi connectivity index (χ1n) is 9.79. The quantitative estimate of drug-likeness (QED) is 0.576. The summed E-state index contributed by atoms with van der Waals surface area (Å²) in [7, 11) is 1.77. The van der Waals surface area contributed by atoms with Crippen molar-refractivity contribution in [1.29, 1.82) is 0 Å². The Kier molecular flexibility index (Phi) is 7.51. The maximum Gasteiger partial charge on any atom is 0.191 e. The Labute approximate surface area is 172 Å². The number of nitrogens with one attached hydrogen (secondary N) is 2. The summed E-state index contributed by atoms with van der Waals surface area (Å²) in [4.78, 5) is 13.7. The number of guanidine groups is 1. The molecule has 2 N–H and O–H groups in total. The Bertz CT molecular complexity index is 786. The van der Waals surface area contributed by atoms with Gasteiger partial charge in [0.1, 0.15) is 5.82 Å². The molecule has 0 bridgehead atoms. The Balaban J connectivity index is 1.53. The van der Waals surface area contributed by atoms with Crippen molar-refractivity contribution in [1.82, 2.24) is 20.5 Å². The summed E-state index contributed by atoms with van der Waals surface area (Å²) in [5, 5.41) is 7.43. The summed E-state index contributed by atoms with van der Waals surface area (Å²) in [6, 6.07) is 12.0. The highest BCUT2D eigenvalue weighted by atomic mass is 35.5. The van der Waals surface area contributed by atoms with Crippen LogP contribution in [0.4, 0.5) is 5.82 Å². The summed E-state index contributed by atoms with van der Waals surface area (Å²) < 4.78 is 0. The standard InChI is InChI=1S/C21H29ClN6/c1-3-27-10-12-28(13-11-27)20-14-17(8-9-24-20)15-25-21(23-2)26-16-18-6-4-5-7-19(18)22/h4-9,14H,3,10-13,15-16H2,1-2H3,(H2,23,25,26). The second-order valence-electron chi connectivity index (χ2n) is 6.81. The Hall–Kier alpha value is -2.31. The summed E-state index contributed by atoms with van der Waals surface area (Å²) in [5.74, 6) is 1.80. The van der Waals surface area contributed by atoms with E-state index in [1.165, 1.54) is 5.56 Å². The minimum Gasteiger partial charge on any atom is -0.354 e. The molecule has 0 amide bonds. The molecule has 1 aliphatic heterocycles. The smallest absolute Gasteiger partial charge is 0.191 e. The Morgan fingerprint density at radius 3 is 2.57 bits per heavy atom. The molecule has 6 nitrogen and oxygen atoms in total. The first-order chi connectivity index (χ1) is 13.7. The predicted octanol–water partition coefficient (Wildman–Crippen LogP) is 2.74. The van der Waals surface area contributed by atoms with Gasteiger partial charge in [0.2, 0.25) is 0 Å². The minimum absolute atomic E-state index is 0.628. The molecule has 28 heavy (non-hydrogen) atoms. The van der Waals surface area contributed by atoms with Gasteiger partial charge in [-0.05, 0) is 35.9 Å². The van der Waals surface area contributed by atoms with Crippen LogP contribution in [-0.2, 0) is 13.1 Å². The molecule has 1 fully saturated rings. The van der Waals surface area contributed by atoms with Crippen molar-refractivity contribution >= 4 is 23.4 Å². The van der Waals surface area contributed by atoms with Crippen LogP contribution < -0.4 is 15.5 Å². The molecule has 150 valence electrons. The fraction of sp³-hybridized carbons (Fsp3) is 0.429. The van der Waals surface area contributed by atoms with Crippen LogP contribution in [0, 0.1) is 0 Å². The van der Waals surface area contributed by atoms with E-state index < -0.39 is 0 Å². The minimum atomic E-state index is 0.628. The molecule has 7 heteroatoms. The van der Waals surface area contributed by atoms with Crippen LogP contribution in [0.3, 0.4) is 0 Å². The van der Waals surface area contributed by atoms with Crippen molar-refractivity contribution in [3.8, 4) is 0 Å². The first kappa shape index (κ1) is 20.4. The van der Waals surface area contributed by atoms with Gasteiger partial charge in [-0.3, -0.25) is 4.99 Å². The number of nitrogens with zero attached hydrogens (tertiary/aromatic N) is 4. The second kappa shape index (κ2) is 10.3. The van der Waals surface area contributed by atoms with Gasteiger partial charge in [-0.15, -0.1) is 0 Å². The van der Waals surface area contributed by atoms with Crippen LogP contribution in [-0.4, -0.2) is 55.6 Å². The molecular formula is C21H29ClN6. The fourth-order valence-corrected chi connectivity index (χ4v) is 3.47. The number of benzene rings is 1. The lowest BCUT2D eigenvalue weighted by molar-refractivity contribution is 0.270. The number of pyridine rings is 1. The zero-order valence-electron chi connectivity index (χ0n) is 16.7. The Morgan fingerprint density at radius 2 is 1.86 bits per heavy atom. The fourth-order valence-electron chi connectivity index (χ4n) is 3.26. The van der Waals surface area contributed by atoms with Crippen LogP contribution >= 0.6 is 11.6 Å². The number of aromatic nitrogens is 1. The maximum absolute atomic E-state index is 6.22. The van der Waals surface area contributed by atoms with Crippen molar-refractivity contribution in [2.24, 2.45) is 4.99 Å². The normalized spacial score (nSPS) is 15.5. The zero-order chi connectivity index (χ0) is 19.8. The monoisotopic (exact) mass is 400 g/mol. The average molecular weight is 401 g/mol. The molecular weight excluding hydrogens is 372 g/mol. The molecule has 2 heterocycles. The number of hydrogen-bond acceptors (Lipinski definition) is 4. The molecule has 1 aliphatic rings. The van der Waals surface area contributed by atoms with E-state index in [0.29, 0.717) is 13.1 Å². The lowest BCUT2D eigenvalue weighted by Gasteiger charge is -2.34. The van der Waals surface area contributed by atoms with Crippen molar-refractivity contribution in [2.75, 3.05) is 44.7 Å². The lowest BCUT2D eigenvalue weighted by Crippen LogP contribution is -2.46. The molecule has 2 aromatic rings.